The normalized spacial score (nSPS) is 18.0. The Morgan fingerprint density at radius 3 is 3.08 bits per heavy atom. The fraction of sp³-hybridized carbons (Fsp3) is 0.375. The van der Waals surface area contributed by atoms with Crippen molar-refractivity contribution in [2.75, 3.05) is 13.1 Å². The minimum atomic E-state index is 0.00537. The van der Waals surface area contributed by atoms with Crippen LogP contribution in [0.4, 0.5) is 0 Å². The molecule has 24 heavy (non-hydrogen) atoms. The van der Waals surface area contributed by atoms with E-state index in [9.17, 15) is 4.79 Å². The first-order chi connectivity index (χ1) is 11.7. The SMILES string of the molecule is Cn1cc(C(=O)N2CCCC(c3nnc(-c4cccs4)o3)C2)cn1. The minimum absolute atomic E-state index is 0.00537. The highest BCUT2D eigenvalue weighted by atomic mass is 32.1. The molecule has 1 unspecified atom stereocenters. The third-order valence-corrected chi connectivity index (χ3v) is 5.04. The highest BCUT2D eigenvalue weighted by Gasteiger charge is 2.29. The maximum Gasteiger partial charge on any atom is 0.257 e. The molecule has 8 heteroatoms. The van der Waals surface area contributed by atoms with Crippen LogP contribution in [0.15, 0.2) is 34.3 Å². The van der Waals surface area contributed by atoms with Gasteiger partial charge in [0.15, 0.2) is 0 Å². The van der Waals surface area contributed by atoms with Gasteiger partial charge in [-0.2, -0.15) is 5.10 Å². The van der Waals surface area contributed by atoms with E-state index < -0.39 is 0 Å². The summed E-state index contributed by atoms with van der Waals surface area (Å²) in [7, 11) is 1.81. The van der Waals surface area contributed by atoms with Crippen molar-refractivity contribution in [3.8, 4) is 10.8 Å². The number of amides is 1. The predicted molar refractivity (Wildman–Crippen MR) is 88.7 cm³/mol. The molecule has 0 N–H and O–H groups in total. The smallest absolute Gasteiger partial charge is 0.257 e. The number of likely N-dealkylation sites (tertiary alicyclic amines) is 1. The van der Waals surface area contributed by atoms with Crippen molar-refractivity contribution in [2.45, 2.75) is 18.8 Å². The summed E-state index contributed by atoms with van der Waals surface area (Å²) in [5, 5.41) is 14.4. The topological polar surface area (TPSA) is 77.0 Å². The largest absolute Gasteiger partial charge is 0.420 e. The van der Waals surface area contributed by atoms with E-state index >= 15 is 0 Å². The number of thiophene rings is 1. The quantitative estimate of drug-likeness (QED) is 0.730. The third kappa shape index (κ3) is 2.84. The van der Waals surface area contributed by atoms with Crippen molar-refractivity contribution in [3.05, 3.63) is 41.4 Å². The maximum atomic E-state index is 12.6. The lowest BCUT2D eigenvalue weighted by molar-refractivity contribution is 0.0698. The van der Waals surface area contributed by atoms with Crippen molar-refractivity contribution in [1.82, 2.24) is 24.9 Å². The van der Waals surface area contributed by atoms with Gasteiger partial charge < -0.3 is 9.32 Å². The molecule has 0 spiro atoms. The number of aromatic nitrogens is 4. The van der Waals surface area contributed by atoms with Gasteiger partial charge in [-0.05, 0) is 24.3 Å². The average Bonchev–Trinajstić information content (AvgIpc) is 3.35. The Labute approximate surface area is 142 Å². The molecule has 1 atom stereocenters. The summed E-state index contributed by atoms with van der Waals surface area (Å²) in [5.74, 6) is 1.25. The summed E-state index contributed by atoms with van der Waals surface area (Å²) >= 11 is 1.57. The van der Waals surface area contributed by atoms with Crippen LogP contribution in [0.3, 0.4) is 0 Å². The van der Waals surface area contributed by atoms with Crippen LogP contribution < -0.4 is 0 Å². The molecule has 1 saturated heterocycles. The summed E-state index contributed by atoms with van der Waals surface area (Å²) in [5.41, 5.74) is 0.614. The number of aryl methyl sites for hydroxylation is 1. The van der Waals surface area contributed by atoms with Crippen molar-refractivity contribution in [1.29, 1.82) is 0 Å². The van der Waals surface area contributed by atoms with E-state index in [1.54, 1.807) is 35.5 Å². The standard InChI is InChI=1S/C16H17N5O2S/c1-20-9-12(8-17-20)16(22)21-6-2-4-11(10-21)14-18-19-15(23-14)13-5-3-7-24-13/h3,5,7-9,11H,2,4,6,10H2,1H3. The second kappa shape index (κ2) is 6.20. The highest BCUT2D eigenvalue weighted by molar-refractivity contribution is 7.13. The van der Waals surface area contributed by atoms with Gasteiger partial charge in [-0.3, -0.25) is 9.48 Å². The van der Waals surface area contributed by atoms with E-state index in [1.165, 1.54) is 0 Å². The van der Waals surface area contributed by atoms with Gasteiger partial charge in [0.1, 0.15) is 0 Å². The van der Waals surface area contributed by atoms with Crippen LogP contribution in [-0.2, 0) is 7.05 Å². The van der Waals surface area contributed by atoms with Crippen LogP contribution in [0, 0.1) is 0 Å². The molecule has 7 nitrogen and oxygen atoms in total. The molecular weight excluding hydrogens is 326 g/mol. The van der Waals surface area contributed by atoms with Gasteiger partial charge in [0.2, 0.25) is 5.89 Å². The number of rotatable bonds is 3. The highest BCUT2D eigenvalue weighted by Crippen LogP contribution is 2.30. The third-order valence-electron chi connectivity index (χ3n) is 4.18. The first kappa shape index (κ1) is 15.1. The molecule has 1 aliphatic rings. The monoisotopic (exact) mass is 343 g/mol. The number of carbonyl (C=O) groups is 1. The maximum absolute atomic E-state index is 12.6. The van der Waals surface area contributed by atoms with Crippen LogP contribution in [0.2, 0.25) is 0 Å². The van der Waals surface area contributed by atoms with E-state index in [2.05, 4.69) is 15.3 Å². The first-order valence-electron chi connectivity index (χ1n) is 7.86. The molecule has 3 aromatic rings. The van der Waals surface area contributed by atoms with Crippen molar-refractivity contribution in [3.63, 3.8) is 0 Å². The van der Waals surface area contributed by atoms with Crippen molar-refractivity contribution in [2.24, 2.45) is 7.05 Å². The molecule has 0 aromatic carbocycles. The number of piperidine rings is 1. The van der Waals surface area contributed by atoms with Crippen molar-refractivity contribution < 1.29 is 9.21 Å². The molecule has 1 amide bonds. The van der Waals surface area contributed by atoms with Gasteiger partial charge in [-0.25, -0.2) is 0 Å². The Morgan fingerprint density at radius 2 is 2.33 bits per heavy atom. The van der Waals surface area contributed by atoms with E-state index in [0.29, 0.717) is 23.9 Å². The first-order valence-corrected chi connectivity index (χ1v) is 8.74. The molecule has 1 aliphatic heterocycles. The van der Waals surface area contributed by atoms with E-state index in [0.717, 1.165) is 24.3 Å². The fourth-order valence-corrected chi connectivity index (χ4v) is 3.62. The average molecular weight is 343 g/mol. The minimum Gasteiger partial charge on any atom is -0.420 e. The molecule has 4 rings (SSSR count). The molecule has 0 aliphatic carbocycles. The van der Waals surface area contributed by atoms with Crippen LogP contribution in [0.5, 0.6) is 0 Å². The number of hydrogen-bond donors (Lipinski definition) is 0. The molecule has 4 heterocycles. The van der Waals surface area contributed by atoms with Gasteiger partial charge in [0, 0.05) is 26.3 Å². The summed E-state index contributed by atoms with van der Waals surface area (Å²) in [6.07, 6.45) is 5.22. The van der Waals surface area contributed by atoms with Gasteiger partial charge in [-0.15, -0.1) is 21.5 Å². The molecule has 3 aromatic heterocycles. The summed E-state index contributed by atoms with van der Waals surface area (Å²) < 4.78 is 7.48. The molecule has 0 saturated carbocycles. The second-order valence-corrected chi connectivity index (χ2v) is 6.86. The lowest BCUT2D eigenvalue weighted by atomic mass is 9.97. The Bertz CT molecular complexity index is 838. The molecule has 0 radical (unpaired) electrons. The van der Waals surface area contributed by atoms with Gasteiger partial charge in [0.25, 0.3) is 11.8 Å². The molecule has 1 fully saturated rings. The fourth-order valence-electron chi connectivity index (χ4n) is 2.98. The van der Waals surface area contributed by atoms with Crippen LogP contribution in [0.25, 0.3) is 10.8 Å². The molecule has 124 valence electrons. The second-order valence-electron chi connectivity index (χ2n) is 5.92. The Morgan fingerprint density at radius 1 is 1.42 bits per heavy atom. The van der Waals surface area contributed by atoms with Crippen LogP contribution >= 0.6 is 11.3 Å². The zero-order chi connectivity index (χ0) is 16.5. The lowest BCUT2D eigenvalue weighted by Gasteiger charge is -2.30. The van der Waals surface area contributed by atoms with Gasteiger partial charge in [-0.1, -0.05) is 6.07 Å². The summed E-state index contributed by atoms with van der Waals surface area (Å²) in [4.78, 5) is 15.4. The molecular formula is C16H17N5O2S. The summed E-state index contributed by atoms with van der Waals surface area (Å²) in [6.45, 7) is 1.34. The lowest BCUT2D eigenvalue weighted by Crippen LogP contribution is -2.39. The van der Waals surface area contributed by atoms with Gasteiger partial charge >= 0.3 is 0 Å². The predicted octanol–water partition coefficient (Wildman–Crippen LogP) is 2.55. The Balaban J connectivity index is 1.50. The molecule has 0 bridgehead atoms. The summed E-state index contributed by atoms with van der Waals surface area (Å²) in [6, 6.07) is 3.92. The Kier molecular flexibility index (Phi) is 3.89. The van der Waals surface area contributed by atoms with E-state index in [1.807, 2.05) is 22.4 Å². The number of nitrogens with zero attached hydrogens (tertiary/aromatic N) is 5. The number of hydrogen-bond acceptors (Lipinski definition) is 6. The Hall–Kier alpha value is -2.48. The zero-order valence-electron chi connectivity index (χ0n) is 13.3. The van der Waals surface area contributed by atoms with Crippen LogP contribution in [0.1, 0.15) is 35.0 Å². The van der Waals surface area contributed by atoms with Gasteiger partial charge in [0.05, 0.1) is 22.6 Å². The van der Waals surface area contributed by atoms with Crippen molar-refractivity contribution >= 4 is 17.2 Å². The van der Waals surface area contributed by atoms with E-state index in [-0.39, 0.29) is 11.8 Å². The zero-order valence-corrected chi connectivity index (χ0v) is 14.1. The van der Waals surface area contributed by atoms with E-state index in [4.69, 9.17) is 4.42 Å². The van der Waals surface area contributed by atoms with Crippen LogP contribution in [-0.4, -0.2) is 43.9 Å². The number of carbonyl (C=O) groups excluding carboxylic acids is 1.